The highest BCUT2D eigenvalue weighted by Crippen LogP contribution is 2.23. The molecule has 5 nitrogen and oxygen atoms in total. The molecule has 0 aliphatic heterocycles. The van der Waals surface area contributed by atoms with Crippen LogP contribution in [0.5, 0.6) is 0 Å². The van der Waals surface area contributed by atoms with Crippen LogP contribution in [0.25, 0.3) is 11.1 Å². The summed E-state index contributed by atoms with van der Waals surface area (Å²) >= 11 is 0. The highest BCUT2D eigenvalue weighted by atomic mass is 16.4. The first-order valence-electron chi connectivity index (χ1n) is 6.67. The molecule has 0 bridgehead atoms. The van der Waals surface area contributed by atoms with E-state index in [4.69, 9.17) is 10.2 Å². The van der Waals surface area contributed by atoms with Gasteiger partial charge in [0.05, 0.1) is 5.69 Å². The number of nitrogen functional groups attached to an aromatic ring is 1. The van der Waals surface area contributed by atoms with Gasteiger partial charge in [-0.3, -0.25) is 0 Å². The van der Waals surface area contributed by atoms with E-state index >= 15 is 0 Å². The van der Waals surface area contributed by atoms with Gasteiger partial charge in [0, 0.05) is 12.6 Å². The van der Waals surface area contributed by atoms with Crippen molar-refractivity contribution >= 4 is 22.8 Å². The monoisotopic (exact) mass is 262 g/mol. The van der Waals surface area contributed by atoms with Gasteiger partial charge in [-0.05, 0) is 46.0 Å². The van der Waals surface area contributed by atoms with E-state index in [-0.39, 0.29) is 0 Å². The van der Waals surface area contributed by atoms with Crippen molar-refractivity contribution in [1.29, 1.82) is 0 Å². The van der Waals surface area contributed by atoms with E-state index in [1.807, 2.05) is 18.2 Å². The first-order chi connectivity index (χ1) is 9.08. The molecular formula is C14H22N4O. The SMILES string of the molecule is CC(C)N(C)CCCNc1nc2c(N)cccc2o1. The predicted molar refractivity (Wildman–Crippen MR) is 79.3 cm³/mol. The molecule has 2 aromatic rings. The van der Waals surface area contributed by atoms with Gasteiger partial charge in [-0.2, -0.15) is 4.98 Å². The minimum atomic E-state index is 0.542. The molecule has 19 heavy (non-hydrogen) atoms. The summed E-state index contributed by atoms with van der Waals surface area (Å²) in [6, 6.07) is 6.68. The number of benzene rings is 1. The second kappa shape index (κ2) is 5.93. The van der Waals surface area contributed by atoms with Crippen molar-refractivity contribution in [2.45, 2.75) is 26.3 Å². The first kappa shape index (κ1) is 13.7. The van der Waals surface area contributed by atoms with Crippen LogP contribution in [0.4, 0.5) is 11.7 Å². The van der Waals surface area contributed by atoms with Crippen molar-refractivity contribution < 1.29 is 4.42 Å². The number of nitrogens with zero attached hydrogens (tertiary/aromatic N) is 2. The van der Waals surface area contributed by atoms with Crippen molar-refractivity contribution in [2.24, 2.45) is 0 Å². The number of nitrogens with one attached hydrogen (secondary N) is 1. The number of oxazole rings is 1. The van der Waals surface area contributed by atoms with Crippen LogP contribution in [-0.2, 0) is 0 Å². The van der Waals surface area contributed by atoms with Crippen molar-refractivity contribution in [2.75, 3.05) is 31.2 Å². The van der Waals surface area contributed by atoms with E-state index in [2.05, 4.69) is 36.1 Å². The molecule has 0 saturated heterocycles. The van der Waals surface area contributed by atoms with Crippen LogP contribution in [0.15, 0.2) is 22.6 Å². The molecule has 0 fully saturated rings. The molecule has 5 heteroatoms. The third kappa shape index (κ3) is 3.38. The van der Waals surface area contributed by atoms with Gasteiger partial charge in [0.25, 0.3) is 6.01 Å². The number of para-hydroxylation sites is 1. The van der Waals surface area contributed by atoms with Crippen molar-refractivity contribution in [3.05, 3.63) is 18.2 Å². The van der Waals surface area contributed by atoms with Gasteiger partial charge in [-0.1, -0.05) is 6.07 Å². The molecule has 1 aromatic heterocycles. The first-order valence-corrected chi connectivity index (χ1v) is 6.67. The Morgan fingerprint density at radius 1 is 1.42 bits per heavy atom. The van der Waals surface area contributed by atoms with E-state index < -0.39 is 0 Å². The molecule has 0 aliphatic carbocycles. The fourth-order valence-corrected chi connectivity index (χ4v) is 1.83. The zero-order chi connectivity index (χ0) is 13.8. The number of hydrogen-bond acceptors (Lipinski definition) is 5. The topological polar surface area (TPSA) is 67.3 Å². The minimum Gasteiger partial charge on any atom is -0.423 e. The summed E-state index contributed by atoms with van der Waals surface area (Å²) in [4.78, 5) is 6.66. The lowest BCUT2D eigenvalue weighted by Crippen LogP contribution is -2.28. The van der Waals surface area contributed by atoms with Crippen LogP contribution >= 0.6 is 0 Å². The Morgan fingerprint density at radius 3 is 2.89 bits per heavy atom. The summed E-state index contributed by atoms with van der Waals surface area (Å²) in [6.07, 6.45) is 1.04. The molecule has 3 N–H and O–H groups in total. The number of aromatic nitrogens is 1. The number of nitrogens with two attached hydrogens (primary N) is 1. The summed E-state index contributed by atoms with van der Waals surface area (Å²) in [7, 11) is 2.13. The Balaban J connectivity index is 1.87. The van der Waals surface area contributed by atoms with Gasteiger partial charge in [-0.15, -0.1) is 0 Å². The Kier molecular flexibility index (Phi) is 4.27. The third-order valence-electron chi connectivity index (χ3n) is 3.30. The maximum absolute atomic E-state index is 5.84. The smallest absolute Gasteiger partial charge is 0.295 e. The lowest BCUT2D eigenvalue weighted by atomic mass is 10.3. The zero-order valence-electron chi connectivity index (χ0n) is 11.8. The number of rotatable bonds is 6. The maximum Gasteiger partial charge on any atom is 0.295 e. The average molecular weight is 262 g/mol. The van der Waals surface area contributed by atoms with E-state index in [0.717, 1.165) is 30.6 Å². The largest absolute Gasteiger partial charge is 0.423 e. The Morgan fingerprint density at radius 2 is 2.21 bits per heavy atom. The molecule has 2 rings (SSSR count). The van der Waals surface area contributed by atoms with Crippen LogP contribution in [0.3, 0.4) is 0 Å². The molecular weight excluding hydrogens is 240 g/mol. The lowest BCUT2D eigenvalue weighted by molar-refractivity contribution is 0.273. The Labute approximate surface area is 113 Å². The van der Waals surface area contributed by atoms with Gasteiger partial charge in [0.2, 0.25) is 0 Å². The fraction of sp³-hybridized carbons (Fsp3) is 0.500. The van der Waals surface area contributed by atoms with Gasteiger partial charge >= 0.3 is 0 Å². The quantitative estimate of drug-likeness (QED) is 0.618. The molecule has 0 spiro atoms. The molecule has 1 heterocycles. The van der Waals surface area contributed by atoms with Gasteiger partial charge in [0.15, 0.2) is 5.58 Å². The molecule has 0 saturated carbocycles. The third-order valence-corrected chi connectivity index (χ3v) is 3.30. The maximum atomic E-state index is 5.84. The van der Waals surface area contributed by atoms with Crippen LogP contribution in [0, 0.1) is 0 Å². The summed E-state index contributed by atoms with van der Waals surface area (Å²) in [5.74, 6) is 0. The van der Waals surface area contributed by atoms with Crippen LogP contribution < -0.4 is 11.1 Å². The molecule has 1 aromatic carbocycles. The minimum absolute atomic E-state index is 0.542. The normalized spacial score (nSPS) is 11.6. The second-order valence-corrected chi connectivity index (χ2v) is 5.07. The van der Waals surface area contributed by atoms with Gasteiger partial charge < -0.3 is 20.4 Å². The molecule has 104 valence electrons. The van der Waals surface area contributed by atoms with Crippen molar-refractivity contribution in [3.8, 4) is 0 Å². The Hall–Kier alpha value is -1.75. The van der Waals surface area contributed by atoms with E-state index in [0.29, 0.717) is 17.7 Å². The molecule has 0 aliphatic rings. The highest BCUT2D eigenvalue weighted by Gasteiger charge is 2.07. The number of hydrogen-bond donors (Lipinski definition) is 2. The van der Waals surface area contributed by atoms with Crippen molar-refractivity contribution in [1.82, 2.24) is 9.88 Å². The standard InChI is InChI=1S/C14H22N4O/c1-10(2)18(3)9-5-8-16-14-17-13-11(15)6-4-7-12(13)19-14/h4,6-7,10H,5,8-9,15H2,1-3H3,(H,16,17). The average Bonchev–Trinajstić information content (AvgIpc) is 2.78. The Bertz CT molecular complexity index is 535. The number of anilines is 2. The summed E-state index contributed by atoms with van der Waals surface area (Å²) in [5, 5.41) is 3.20. The van der Waals surface area contributed by atoms with Crippen LogP contribution in [0.1, 0.15) is 20.3 Å². The van der Waals surface area contributed by atoms with E-state index in [1.165, 1.54) is 0 Å². The zero-order valence-corrected chi connectivity index (χ0v) is 11.8. The van der Waals surface area contributed by atoms with Crippen LogP contribution in [-0.4, -0.2) is 36.1 Å². The summed E-state index contributed by atoms with van der Waals surface area (Å²) < 4.78 is 5.59. The van der Waals surface area contributed by atoms with Gasteiger partial charge in [0.1, 0.15) is 5.52 Å². The summed E-state index contributed by atoms with van der Waals surface area (Å²) in [6.45, 7) is 6.27. The van der Waals surface area contributed by atoms with Gasteiger partial charge in [-0.25, -0.2) is 0 Å². The molecule has 0 amide bonds. The summed E-state index contributed by atoms with van der Waals surface area (Å²) in [5.41, 5.74) is 7.94. The lowest BCUT2D eigenvalue weighted by Gasteiger charge is -2.20. The van der Waals surface area contributed by atoms with Crippen LogP contribution in [0.2, 0.25) is 0 Å². The van der Waals surface area contributed by atoms with E-state index in [1.54, 1.807) is 0 Å². The predicted octanol–water partition coefficient (Wildman–Crippen LogP) is 2.55. The highest BCUT2D eigenvalue weighted by molar-refractivity contribution is 5.86. The molecule has 0 radical (unpaired) electrons. The number of fused-ring (bicyclic) bond motifs is 1. The van der Waals surface area contributed by atoms with Crippen molar-refractivity contribution in [3.63, 3.8) is 0 Å². The fourth-order valence-electron chi connectivity index (χ4n) is 1.83. The van der Waals surface area contributed by atoms with E-state index in [9.17, 15) is 0 Å². The second-order valence-electron chi connectivity index (χ2n) is 5.07. The molecule has 0 atom stereocenters. The molecule has 0 unspecified atom stereocenters.